The van der Waals surface area contributed by atoms with Crippen LogP contribution >= 0.6 is 11.6 Å². The van der Waals surface area contributed by atoms with Crippen LogP contribution in [0.4, 0.5) is 5.69 Å². The summed E-state index contributed by atoms with van der Waals surface area (Å²) in [6, 6.07) is 23.1. The first-order valence-corrected chi connectivity index (χ1v) is 11.8. The zero-order valence-corrected chi connectivity index (χ0v) is 19.7. The first-order valence-electron chi connectivity index (χ1n) is 11.4. The fraction of sp³-hybridized carbons (Fsp3) is 0.259. The van der Waals surface area contributed by atoms with Gasteiger partial charge >= 0.3 is 0 Å². The number of aromatic nitrogens is 2. The molecule has 0 aliphatic carbocycles. The highest BCUT2D eigenvalue weighted by molar-refractivity contribution is 6.30. The molecule has 1 amide bonds. The number of amides is 1. The van der Waals surface area contributed by atoms with E-state index in [0.717, 1.165) is 47.0 Å². The maximum absolute atomic E-state index is 12.9. The van der Waals surface area contributed by atoms with E-state index in [9.17, 15) is 4.79 Å². The van der Waals surface area contributed by atoms with Crippen molar-refractivity contribution in [2.75, 3.05) is 25.2 Å². The lowest BCUT2D eigenvalue weighted by atomic mass is 10.1. The number of hydrogen-bond donors (Lipinski definition) is 0. The van der Waals surface area contributed by atoms with Crippen LogP contribution in [0.1, 0.15) is 24.6 Å². The van der Waals surface area contributed by atoms with Crippen LogP contribution in [0.15, 0.2) is 72.8 Å². The molecule has 0 radical (unpaired) electrons. The number of ether oxygens (including phenoxy) is 2. The Balaban J connectivity index is 1.32. The zero-order valence-electron chi connectivity index (χ0n) is 19.0. The fourth-order valence-electron chi connectivity index (χ4n) is 4.48. The number of rotatable bonds is 8. The second kappa shape index (κ2) is 9.77. The largest absolute Gasteiger partial charge is 0.497 e. The van der Waals surface area contributed by atoms with Crippen molar-refractivity contribution in [3.05, 3.63) is 83.6 Å². The second-order valence-electron chi connectivity index (χ2n) is 8.37. The van der Waals surface area contributed by atoms with Crippen LogP contribution in [0.5, 0.6) is 11.5 Å². The molecular weight excluding hydrogens is 450 g/mol. The lowest BCUT2D eigenvalue weighted by molar-refractivity contribution is -0.117. The molecule has 2 heterocycles. The van der Waals surface area contributed by atoms with Gasteiger partial charge in [0, 0.05) is 36.1 Å². The Bertz CT molecular complexity index is 1280. The minimum Gasteiger partial charge on any atom is -0.497 e. The Labute approximate surface area is 203 Å². The lowest BCUT2D eigenvalue weighted by Gasteiger charge is -2.17. The third kappa shape index (κ3) is 4.59. The smallest absolute Gasteiger partial charge is 0.227 e. The van der Waals surface area contributed by atoms with E-state index >= 15 is 0 Å². The number of carbonyl (C=O) groups is 1. The number of nitrogens with zero attached hydrogens (tertiary/aromatic N) is 3. The third-order valence-electron chi connectivity index (χ3n) is 6.17. The molecule has 0 saturated carbocycles. The highest BCUT2D eigenvalue weighted by atomic mass is 35.5. The minimum absolute atomic E-state index is 0.0260. The van der Waals surface area contributed by atoms with Crippen molar-refractivity contribution in [2.45, 2.75) is 25.3 Å². The molecule has 5 rings (SSSR count). The number of para-hydroxylation sites is 2. The predicted molar refractivity (Wildman–Crippen MR) is 134 cm³/mol. The van der Waals surface area contributed by atoms with Crippen molar-refractivity contribution in [1.82, 2.24) is 9.55 Å². The maximum Gasteiger partial charge on any atom is 0.227 e. The van der Waals surface area contributed by atoms with Gasteiger partial charge in [-0.1, -0.05) is 23.7 Å². The van der Waals surface area contributed by atoms with E-state index in [1.807, 2.05) is 71.6 Å². The van der Waals surface area contributed by atoms with E-state index < -0.39 is 0 Å². The summed E-state index contributed by atoms with van der Waals surface area (Å²) in [5, 5.41) is 0.658. The van der Waals surface area contributed by atoms with Crippen molar-refractivity contribution in [2.24, 2.45) is 0 Å². The van der Waals surface area contributed by atoms with Gasteiger partial charge in [0.2, 0.25) is 5.91 Å². The van der Waals surface area contributed by atoms with Gasteiger partial charge in [0.25, 0.3) is 0 Å². The molecule has 1 atom stereocenters. The molecule has 1 aliphatic heterocycles. The van der Waals surface area contributed by atoms with E-state index in [2.05, 4.69) is 10.6 Å². The Hall–Kier alpha value is -3.51. The van der Waals surface area contributed by atoms with Crippen LogP contribution in [0.3, 0.4) is 0 Å². The number of hydrogen-bond acceptors (Lipinski definition) is 4. The van der Waals surface area contributed by atoms with Crippen molar-refractivity contribution >= 4 is 34.2 Å². The van der Waals surface area contributed by atoms with Crippen molar-refractivity contribution < 1.29 is 14.3 Å². The number of fused-ring (bicyclic) bond motifs is 1. The summed E-state index contributed by atoms with van der Waals surface area (Å²) < 4.78 is 13.4. The molecule has 6 nitrogen and oxygen atoms in total. The first kappa shape index (κ1) is 22.3. The zero-order chi connectivity index (χ0) is 23.5. The summed E-state index contributed by atoms with van der Waals surface area (Å²) in [5.74, 6) is 2.71. The molecule has 0 spiro atoms. The molecule has 1 aromatic heterocycles. The van der Waals surface area contributed by atoms with Gasteiger partial charge in [-0.05, 0) is 67.1 Å². The topological polar surface area (TPSA) is 56.6 Å². The molecule has 174 valence electrons. The number of carbonyl (C=O) groups excluding carboxylic acids is 1. The standard InChI is InChI=1S/C27H26ClN3O3/c1-33-22-11-13-23(14-12-22)34-16-4-15-30-25-6-3-2-5-24(25)29-27(30)19-17-26(32)31(18-19)21-9-7-20(28)8-10-21/h2-3,5-14,19H,4,15-18H2,1H3/t19-/m1/s1. The van der Waals surface area contributed by atoms with Crippen LogP contribution in [-0.4, -0.2) is 35.7 Å². The number of methoxy groups -OCH3 is 1. The average molecular weight is 476 g/mol. The van der Waals surface area contributed by atoms with E-state index in [1.165, 1.54) is 0 Å². The predicted octanol–water partition coefficient (Wildman–Crippen LogP) is 5.69. The van der Waals surface area contributed by atoms with Gasteiger partial charge in [0.05, 0.1) is 24.8 Å². The highest BCUT2D eigenvalue weighted by Gasteiger charge is 2.34. The van der Waals surface area contributed by atoms with Gasteiger partial charge in [-0.25, -0.2) is 4.98 Å². The van der Waals surface area contributed by atoms with Crippen LogP contribution in [0.2, 0.25) is 5.02 Å². The van der Waals surface area contributed by atoms with Gasteiger partial charge in [-0.2, -0.15) is 0 Å². The maximum atomic E-state index is 12.9. The molecule has 3 aromatic carbocycles. The number of benzene rings is 3. The van der Waals surface area contributed by atoms with Crippen molar-refractivity contribution in [1.29, 1.82) is 0 Å². The van der Waals surface area contributed by atoms with Gasteiger partial charge in [-0.15, -0.1) is 0 Å². The molecule has 0 N–H and O–H groups in total. The number of halogens is 1. The number of imidazole rings is 1. The molecule has 0 bridgehead atoms. The molecule has 1 aliphatic rings. The number of anilines is 1. The van der Waals surface area contributed by atoms with E-state index in [1.54, 1.807) is 7.11 Å². The number of aryl methyl sites for hydroxylation is 1. The summed E-state index contributed by atoms with van der Waals surface area (Å²) in [6.07, 6.45) is 1.26. The van der Waals surface area contributed by atoms with Crippen LogP contribution in [0.25, 0.3) is 11.0 Å². The SMILES string of the molecule is COc1ccc(OCCCn2c([C@@H]3CC(=O)N(c4ccc(Cl)cc4)C3)nc3ccccc32)cc1. The second-order valence-corrected chi connectivity index (χ2v) is 8.81. The summed E-state index contributed by atoms with van der Waals surface area (Å²) in [7, 11) is 1.65. The highest BCUT2D eigenvalue weighted by Crippen LogP contribution is 2.33. The Morgan fingerprint density at radius 3 is 2.50 bits per heavy atom. The summed E-state index contributed by atoms with van der Waals surface area (Å²) >= 11 is 6.03. The van der Waals surface area contributed by atoms with Crippen molar-refractivity contribution in [3.63, 3.8) is 0 Å². The van der Waals surface area contributed by atoms with E-state index in [4.69, 9.17) is 26.1 Å². The Morgan fingerprint density at radius 2 is 1.74 bits per heavy atom. The quantitative estimate of drug-likeness (QED) is 0.307. The van der Waals surface area contributed by atoms with E-state index in [-0.39, 0.29) is 11.8 Å². The molecule has 0 unspecified atom stereocenters. The van der Waals surface area contributed by atoms with Gasteiger partial charge in [-0.3, -0.25) is 4.79 Å². The fourth-order valence-corrected chi connectivity index (χ4v) is 4.60. The Morgan fingerprint density at radius 1 is 1.00 bits per heavy atom. The normalized spacial score (nSPS) is 15.8. The molecule has 1 fully saturated rings. The van der Waals surface area contributed by atoms with Crippen LogP contribution < -0.4 is 14.4 Å². The van der Waals surface area contributed by atoms with Gasteiger partial charge < -0.3 is 18.9 Å². The Kier molecular flexibility index (Phi) is 6.41. The monoisotopic (exact) mass is 475 g/mol. The minimum atomic E-state index is 0.0260. The summed E-state index contributed by atoms with van der Waals surface area (Å²) in [4.78, 5) is 19.6. The van der Waals surface area contributed by atoms with Gasteiger partial charge in [0.1, 0.15) is 17.3 Å². The lowest BCUT2D eigenvalue weighted by Crippen LogP contribution is -2.24. The van der Waals surface area contributed by atoms with Crippen molar-refractivity contribution in [3.8, 4) is 11.5 Å². The summed E-state index contributed by atoms with van der Waals surface area (Å²) in [6.45, 7) is 1.95. The molecule has 7 heteroatoms. The molecule has 4 aromatic rings. The average Bonchev–Trinajstić information content (AvgIpc) is 3.43. The van der Waals surface area contributed by atoms with Gasteiger partial charge in [0.15, 0.2) is 0 Å². The van der Waals surface area contributed by atoms with Crippen LogP contribution in [0, 0.1) is 0 Å². The van der Waals surface area contributed by atoms with Crippen LogP contribution in [-0.2, 0) is 11.3 Å². The third-order valence-corrected chi connectivity index (χ3v) is 6.42. The molecular formula is C27H26ClN3O3. The molecule has 1 saturated heterocycles. The van der Waals surface area contributed by atoms with E-state index in [0.29, 0.717) is 24.6 Å². The summed E-state index contributed by atoms with van der Waals surface area (Å²) in [5.41, 5.74) is 2.90. The molecule has 34 heavy (non-hydrogen) atoms. The first-order chi connectivity index (χ1) is 16.6.